The van der Waals surface area contributed by atoms with E-state index in [0.717, 1.165) is 11.1 Å². The Bertz CT molecular complexity index is 442. The molecule has 0 N–H and O–H groups in total. The molecule has 0 saturated heterocycles. The maximum absolute atomic E-state index is 11.4. The molecule has 0 amide bonds. The van der Waals surface area contributed by atoms with E-state index in [1.165, 1.54) is 6.92 Å². The van der Waals surface area contributed by atoms with E-state index in [0.29, 0.717) is 12.0 Å². The fourth-order valence-electron chi connectivity index (χ4n) is 1.58. The fraction of sp³-hybridized carbons (Fsp3) is 0.167. The van der Waals surface area contributed by atoms with E-state index < -0.39 is 0 Å². The molecule has 0 spiro atoms. The van der Waals surface area contributed by atoms with Gasteiger partial charge in [0.2, 0.25) is 0 Å². The van der Waals surface area contributed by atoms with Gasteiger partial charge in [-0.1, -0.05) is 24.3 Å². The van der Waals surface area contributed by atoms with Crippen LogP contribution in [0.15, 0.2) is 24.3 Å². The summed E-state index contributed by atoms with van der Waals surface area (Å²) >= 11 is 0. The van der Waals surface area contributed by atoms with Gasteiger partial charge in [-0.05, 0) is 18.6 Å². The molecule has 0 fully saturated rings. The van der Waals surface area contributed by atoms with Crippen LogP contribution in [0.25, 0.3) is 6.08 Å². The SMILES string of the molecule is CC(=O)c1ccc2c(c1)C=CCC2=O. The van der Waals surface area contributed by atoms with Crippen molar-refractivity contribution in [2.24, 2.45) is 0 Å². The van der Waals surface area contributed by atoms with Crippen LogP contribution < -0.4 is 0 Å². The molecule has 0 bridgehead atoms. The van der Waals surface area contributed by atoms with Gasteiger partial charge in [0.05, 0.1) is 0 Å². The predicted octanol–water partition coefficient (Wildman–Crippen LogP) is 2.49. The minimum Gasteiger partial charge on any atom is -0.295 e. The molecule has 0 unspecified atom stereocenters. The quantitative estimate of drug-likeness (QED) is 0.631. The summed E-state index contributed by atoms with van der Waals surface area (Å²) in [7, 11) is 0. The highest BCUT2D eigenvalue weighted by atomic mass is 16.1. The zero-order chi connectivity index (χ0) is 10.1. The van der Waals surface area contributed by atoms with E-state index in [2.05, 4.69) is 0 Å². The number of Topliss-reactive ketones (excluding diaryl/α,β-unsaturated/α-hetero) is 2. The zero-order valence-corrected chi connectivity index (χ0v) is 7.91. The van der Waals surface area contributed by atoms with Crippen LogP contribution in [0.2, 0.25) is 0 Å². The molecule has 2 heteroatoms. The summed E-state index contributed by atoms with van der Waals surface area (Å²) in [5.74, 6) is 0.150. The predicted molar refractivity (Wildman–Crippen MR) is 54.4 cm³/mol. The lowest BCUT2D eigenvalue weighted by atomic mass is 9.94. The van der Waals surface area contributed by atoms with Crippen LogP contribution in [0.1, 0.15) is 39.6 Å². The van der Waals surface area contributed by atoms with Crippen molar-refractivity contribution >= 4 is 17.6 Å². The second-order valence-electron chi connectivity index (χ2n) is 3.39. The van der Waals surface area contributed by atoms with Crippen LogP contribution in [-0.2, 0) is 0 Å². The molecule has 14 heavy (non-hydrogen) atoms. The first-order valence-electron chi connectivity index (χ1n) is 4.53. The number of fused-ring (bicyclic) bond motifs is 1. The lowest BCUT2D eigenvalue weighted by Crippen LogP contribution is -2.05. The Hall–Kier alpha value is -1.70. The first-order chi connectivity index (χ1) is 6.68. The Morgan fingerprint density at radius 3 is 2.86 bits per heavy atom. The zero-order valence-electron chi connectivity index (χ0n) is 7.91. The molecular formula is C12H10O2. The van der Waals surface area contributed by atoms with Crippen LogP contribution in [0, 0.1) is 0 Å². The third-order valence-corrected chi connectivity index (χ3v) is 2.36. The molecule has 1 aromatic carbocycles. The summed E-state index contributed by atoms with van der Waals surface area (Å²) in [6.07, 6.45) is 4.18. The number of allylic oxidation sites excluding steroid dienone is 1. The molecule has 2 nitrogen and oxygen atoms in total. The molecule has 1 aliphatic rings. The summed E-state index contributed by atoms with van der Waals surface area (Å²) in [5, 5.41) is 0. The van der Waals surface area contributed by atoms with E-state index in [4.69, 9.17) is 0 Å². The lowest BCUT2D eigenvalue weighted by molar-refractivity contribution is 0.0988. The highest BCUT2D eigenvalue weighted by Gasteiger charge is 2.13. The van der Waals surface area contributed by atoms with Crippen molar-refractivity contribution in [1.29, 1.82) is 0 Å². The minimum atomic E-state index is 0.0271. The van der Waals surface area contributed by atoms with Gasteiger partial charge in [0, 0.05) is 17.5 Å². The highest BCUT2D eigenvalue weighted by molar-refractivity contribution is 6.04. The van der Waals surface area contributed by atoms with Gasteiger partial charge < -0.3 is 0 Å². The molecule has 0 atom stereocenters. The molecule has 0 saturated carbocycles. The molecule has 0 aliphatic heterocycles. The Labute approximate surface area is 82.2 Å². The summed E-state index contributed by atoms with van der Waals surface area (Å²) in [6.45, 7) is 1.52. The van der Waals surface area contributed by atoms with Gasteiger partial charge in [-0.2, -0.15) is 0 Å². The molecule has 2 rings (SSSR count). The Morgan fingerprint density at radius 1 is 1.36 bits per heavy atom. The smallest absolute Gasteiger partial charge is 0.167 e. The van der Waals surface area contributed by atoms with Crippen molar-refractivity contribution < 1.29 is 9.59 Å². The summed E-state index contributed by atoms with van der Waals surface area (Å²) in [4.78, 5) is 22.5. The van der Waals surface area contributed by atoms with Crippen molar-refractivity contribution in [2.45, 2.75) is 13.3 Å². The Kier molecular flexibility index (Phi) is 2.04. The second-order valence-corrected chi connectivity index (χ2v) is 3.39. The first kappa shape index (κ1) is 8.88. The van der Waals surface area contributed by atoms with E-state index in [-0.39, 0.29) is 11.6 Å². The molecule has 0 radical (unpaired) electrons. The van der Waals surface area contributed by atoms with E-state index in [1.54, 1.807) is 18.2 Å². The van der Waals surface area contributed by atoms with Crippen molar-refractivity contribution in [3.63, 3.8) is 0 Å². The molecule has 1 aromatic rings. The average Bonchev–Trinajstić information content (AvgIpc) is 2.17. The van der Waals surface area contributed by atoms with Crippen LogP contribution >= 0.6 is 0 Å². The van der Waals surface area contributed by atoms with Crippen LogP contribution in [0.5, 0.6) is 0 Å². The maximum atomic E-state index is 11.4. The third kappa shape index (κ3) is 1.39. The van der Waals surface area contributed by atoms with Crippen molar-refractivity contribution in [2.75, 3.05) is 0 Å². The van der Waals surface area contributed by atoms with E-state index in [1.807, 2.05) is 12.2 Å². The van der Waals surface area contributed by atoms with Gasteiger partial charge in [-0.25, -0.2) is 0 Å². The van der Waals surface area contributed by atoms with E-state index in [9.17, 15) is 9.59 Å². The van der Waals surface area contributed by atoms with Gasteiger partial charge >= 0.3 is 0 Å². The first-order valence-corrected chi connectivity index (χ1v) is 4.53. The number of carbonyl (C=O) groups excluding carboxylic acids is 2. The van der Waals surface area contributed by atoms with Crippen LogP contribution in [-0.4, -0.2) is 11.6 Å². The summed E-state index contributed by atoms with van der Waals surface area (Å²) < 4.78 is 0. The number of hydrogen-bond donors (Lipinski definition) is 0. The minimum absolute atomic E-state index is 0.0271. The van der Waals surface area contributed by atoms with E-state index >= 15 is 0 Å². The monoisotopic (exact) mass is 186 g/mol. The van der Waals surface area contributed by atoms with Crippen LogP contribution in [0.4, 0.5) is 0 Å². The maximum Gasteiger partial charge on any atom is 0.167 e. The Balaban J connectivity index is 2.56. The van der Waals surface area contributed by atoms with Crippen molar-refractivity contribution in [1.82, 2.24) is 0 Å². The normalized spacial score (nSPS) is 13.9. The van der Waals surface area contributed by atoms with Crippen molar-refractivity contribution in [3.8, 4) is 0 Å². The van der Waals surface area contributed by atoms with Gasteiger partial charge in [-0.3, -0.25) is 9.59 Å². The molecular weight excluding hydrogens is 176 g/mol. The van der Waals surface area contributed by atoms with Crippen molar-refractivity contribution in [3.05, 3.63) is 41.0 Å². The molecule has 0 aromatic heterocycles. The highest BCUT2D eigenvalue weighted by Crippen LogP contribution is 2.20. The summed E-state index contributed by atoms with van der Waals surface area (Å²) in [5.41, 5.74) is 2.23. The lowest BCUT2D eigenvalue weighted by Gasteiger charge is -2.09. The number of rotatable bonds is 1. The molecule has 1 aliphatic carbocycles. The van der Waals surface area contributed by atoms with Crippen LogP contribution in [0.3, 0.4) is 0 Å². The number of carbonyl (C=O) groups is 2. The standard InChI is InChI=1S/C12H10O2/c1-8(13)9-5-6-11-10(7-9)3-2-4-12(11)14/h2-3,5-7H,4H2,1H3. The second kappa shape index (κ2) is 3.22. The number of benzene rings is 1. The summed E-state index contributed by atoms with van der Waals surface area (Å²) in [6, 6.07) is 5.21. The van der Waals surface area contributed by atoms with Gasteiger partial charge in [0.15, 0.2) is 11.6 Å². The fourth-order valence-corrected chi connectivity index (χ4v) is 1.58. The average molecular weight is 186 g/mol. The molecule has 0 heterocycles. The molecule has 70 valence electrons. The Morgan fingerprint density at radius 2 is 2.14 bits per heavy atom. The number of ketones is 2. The third-order valence-electron chi connectivity index (χ3n) is 2.36. The van der Waals surface area contributed by atoms with Gasteiger partial charge in [-0.15, -0.1) is 0 Å². The number of hydrogen-bond acceptors (Lipinski definition) is 2. The van der Waals surface area contributed by atoms with Gasteiger partial charge in [0.25, 0.3) is 0 Å². The topological polar surface area (TPSA) is 34.1 Å². The largest absolute Gasteiger partial charge is 0.295 e. The van der Waals surface area contributed by atoms with Gasteiger partial charge in [0.1, 0.15) is 0 Å².